The van der Waals surface area contributed by atoms with Gasteiger partial charge in [0.15, 0.2) is 0 Å². The van der Waals surface area contributed by atoms with Crippen LogP contribution in [0.2, 0.25) is 0 Å². The van der Waals surface area contributed by atoms with Crippen LogP contribution in [-0.2, 0) is 4.79 Å². The molecular formula is C13H24N2O3S. The van der Waals surface area contributed by atoms with E-state index in [1.54, 1.807) is 4.90 Å². The van der Waals surface area contributed by atoms with Crippen molar-refractivity contribution in [3.8, 4) is 0 Å². The molecule has 1 aliphatic carbocycles. The van der Waals surface area contributed by atoms with Crippen molar-refractivity contribution in [2.45, 2.75) is 50.3 Å². The summed E-state index contributed by atoms with van der Waals surface area (Å²) >= 11 is 1.81. The number of nitrogens with zero attached hydrogens (tertiary/aromatic N) is 1. The number of nitrogens with one attached hydrogen (secondary N) is 1. The first-order valence-corrected chi connectivity index (χ1v) is 7.94. The van der Waals surface area contributed by atoms with Crippen LogP contribution in [0.1, 0.15) is 39.5 Å². The first-order valence-electron chi connectivity index (χ1n) is 6.71. The minimum Gasteiger partial charge on any atom is -0.481 e. The second-order valence-corrected chi connectivity index (χ2v) is 6.60. The number of carbonyl (C=O) groups excluding carboxylic acids is 1. The molecule has 0 aromatic heterocycles. The van der Waals surface area contributed by atoms with Crippen molar-refractivity contribution in [1.29, 1.82) is 0 Å². The topological polar surface area (TPSA) is 69.6 Å². The molecule has 2 amide bonds. The molecule has 0 atom stereocenters. The average Bonchev–Trinajstić information content (AvgIpc) is 3.11. The summed E-state index contributed by atoms with van der Waals surface area (Å²) in [5.41, 5.74) is 0. The number of carbonyl (C=O) groups is 2. The molecule has 1 aliphatic rings. The third-order valence-corrected chi connectivity index (χ3v) is 4.89. The van der Waals surface area contributed by atoms with Crippen LogP contribution in [0.15, 0.2) is 0 Å². The lowest BCUT2D eigenvalue weighted by Crippen LogP contribution is -2.46. The van der Waals surface area contributed by atoms with Crippen LogP contribution >= 0.6 is 11.8 Å². The fourth-order valence-electron chi connectivity index (χ4n) is 1.93. The smallest absolute Gasteiger partial charge is 0.317 e. The van der Waals surface area contributed by atoms with Crippen LogP contribution < -0.4 is 5.32 Å². The summed E-state index contributed by atoms with van der Waals surface area (Å²) < 4.78 is 0.249. The summed E-state index contributed by atoms with van der Waals surface area (Å²) in [5.74, 6) is -0.816. The third-order valence-electron chi connectivity index (χ3n) is 3.48. The number of thioether (sulfide) groups is 1. The first-order chi connectivity index (χ1) is 8.90. The van der Waals surface area contributed by atoms with E-state index in [1.165, 1.54) is 0 Å². The Hall–Kier alpha value is -0.910. The molecule has 0 aliphatic heterocycles. The monoisotopic (exact) mass is 288 g/mol. The molecule has 0 aromatic carbocycles. The van der Waals surface area contributed by atoms with Crippen LogP contribution in [0, 0.1) is 0 Å². The maximum absolute atomic E-state index is 12.1. The Morgan fingerprint density at radius 2 is 2.05 bits per heavy atom. The summed E-state index contributed by atoms with van der Waals surface area (Å²) in [7, 11) is 0. The van der Waals surface area contributed by atoms with Gasteiger partial charge in [0.05, 0.1) is 0 Å². The first kappa shape index (κ1) is 16.1. The summed E-state index contributed by atoms with van der Waals surface area (Å²) in [5, 5.41) is 11.6. The van der Waals surface area contributed by atoms with E-state index in [2.05, 4.69) is 11.6 Å². The highest BCUT2D eigenvalue weighted by Gasteiger charge is 2.42. The van der Waals surface area contributed by atoms with Crippen molar-refractivity contribution in [1.82, 2.24) is 10.2 Å². The van der Waals surface area contributed by atoms with Crippen LogP contribution in [0.3, 0.4) is 0 Å². The van der Waals surface area contributed by atoms with E-state index in [0.717, 1.165) is 12.8 Å². The zero-order chi connectivity index (χ0) is 14.5. The van der Waals surface area contributed by atoms with E-state index in [4.69, 9.17) is 5.11 Å². The van der Waals surface area contributed by atoms with Gasteiger partial charge in [-0.25, -0.2) is 4.79 Å². The van der Waals surface area contributed by atoms with Gasteiger partial charge in [0.25, 0.3) is 0 Å². The summed E-state index contributed by atoms with van der Waals surface area (Å²) in [6.45, 7) is 5.08. The second kappa shape index (κ2) is 7.03. The van der Waals surface area contributed by atoms with Gasteiger partial charge in [0, 0.05) is 30.3 Å². The molecule has 5 nitrogen and oxygen atoms in total. The van der Waals surface area contributed by atoms with Crippen molar-refractivity contribution in [3.63, 3.8) is 0 Å². The number of urea groups is 1. The maximum atomic E-state index is 12.1. The molecule has 0 spiro atoms. The molecule has 2 N–H and O–H groups in total. The number of hydrogen-bond donors (Lipinski definition) is 2. The fourth-order valence-corrected chi connectivity index (χ4v) is 2.65. The highest BCUT2D eigenvalue weighted by Crippen LogP contribution is 2.46. The van der Waals surface area contributed by atoms with Gasteiger partial charge < -0.3 is 15.3 Å². The number of carboxylic acid groups (broad SMARTS) is 1. The fraction of sp³-hybridized carbons (Fsp3) is 0.846. The number of carboxylic acids is 1. The molecule has 1 saturated carbocycles. The van der Waals surface area contributed by atoms with Gasteiger partial charge in [-0.3, -0.25) is 4.79 Å². The van der Waals surface area contributed by atoms with Gasteiger partial charge in [-0.2, -0.15) is 11.8 Å². The Balaban J connectivity index is 2.37. The molecule has 6 heteroatoms. The molecule has 0 heterocycles. The highest BCUT2D eigenvalue weighted by atomic mass is 32.2. The van der Waals surface area contributed by atoms with Crippen molar-refractivity contribution in [2.24, 2.45) is 0 Å². The Morgan fingerprint density at radius 1 is 1.42 bits per heavy atom. The molecule has 0 aromatic rings. The maximum Gasteiger partial charge on any atom is 0.317 e. The lowest BCUT2D eigenvalue weighted by Gasteiger charge is -2.27. The van der Waals surface area contributed by atoms with Gasteiger partial charge in [0.1, 0.15) is 0 Å². The highest BCUT2D eigenvalue weighted by molar-refractivity contribution is 8.00. The summed E-state index contributed by atoms with van der Waals surface area (Å²) in [6, 6.07) is -0.000980. The van der Waals surface area contributed by atoms with Crippen molar-refractivity contribution in [3.05, 3.63) is 0 Å². The minimum absolute atomic E-state index is 0.0817. The molecule has 1 rings (SSSR count). The Bertz CT molecular complexity index is 330. The van der Waals surface area contributed by atoms with Gasteiger partial charge in [-0.05, 0) is 39.4 Å². The SMILES string of the molecule is CSC1(CNC(=O)N(CCCC(=O)O)C(C)C)CC1. The molecule has 0 unspecified atom stereocenters. The van der Waals surface area contributed by atoms with E-state index >= 15 is 0 Å². The lowest BCUT2D eigenvalue weighted by atomic mass is 10.2. The molecule has 0 saturated heterocycles. The van der Waals surface area contributed by atoms with E-state index < -0.39 is 5.97 Å². The normalized spacial score (nSPS) is 16.2. The van der Waals surface area contributed by atoms with Gasteiger partial charge in [0.2, 0.25) is 0 Å². The van der Waals surface area contributed by atoms with Crippen LogP contribution in [0.4, 0.5) is 4.79 Å². The van der Waals surface area contributed by atoms with Gasteiger partial charge in [-0.1, -0.05) is 0 Å². The molecule has 0 bridgehead atoms. The Morgan fingerprint density at radius 3 is 2.47 bits per heavy atom. The zero-order valence-electron chi connectivity index (χ0n) is 11.9. The van der Waals surface area contributed by atoms with Crippen LogP contribution in [0.5, 0.6) is 0 Å². The summed E-state index contributed by atoms with van der Waals surface area (Å²) in [4.78, 5) is 24.3. The van der Waals surface area contributed by atoms with E-state index in [0.29, 0.717) is 19.5 Å². The predicted molar refractivity (Wildman–Crippen MR) is 77.6 cm³/mol. The van der Waals surface area contributed by atoms with Crippen LogP contribution in [-0.4, -0.2) is 52.1 Å². The minimum atomic E-state index is -0.816. The number of hydrogen-bond acceptors (Lipinski definition) is 3. The van der Waals surface area contributed by atoms with Crippen LogP contribution in [0.25, 0.3) is 0 Å². The largest absolute Gasteiger partial charge is 0.481 e. The quantitative estimate of drug-likeness (QED) is 0.718. The van der Waals surface area contributed by atoms with E-state index in [1.807, 2.05) is 25.6 Å². The second-order valence-electron chi connectivity index (χ2n) is 5.33. The Labute approximate surface area is 119 Å². The Kier molecular flexibility index (Phi) is 5.97. The predicted octanol–water partition coefficient (Wildman–Crippen LogP) is 2.17. The summed E-state index contributed by atoms with van der Waals surface area (Å²) in [6.07, 6.45) is 5.00. The molecule has 1 fully saturated rings. The zero-order valence-corrected chi connectivity index (χ0v) is 12.8. The van der Waals surface area contributed by atoms with E-state index in [-0.39, 0.29) is 23.2 Å². The molecular weight excluding hydrogens is 264 g/mol. The van der Waals surface area contributed by atoms with Gasteiger partial charge >= 0.3 is 12.0 Å². The number of rotatable bonds is 8. The average molecular weight is 288 g/mol. The van der Waals surface area contributed by atoms with Crippen molar-refractivity contribution in [2.75, 3.05) is 19.3 Å². The molecule has 19 heavy (non-hydrogen) atoms. The van der Waals surface area contributed by atoms with Crippen molar-refractivity contribution >= 4 is 23.8 Å². The lowest BCUT2D eigenvalue weighted by molar-refractivity contribution is -0.137. The third kappa shape index (κ3) is 5.30. The van der Waals surface area contributed by atoms with Crippen molar-refractivity contribution < 1.29 is 14.7 Å². The molecule has 0 radical (unpaired) electrons. The standard InChI is InChI=1S/C13H24N2O3S/c1-10(2)15(8-4-5-11(16)17)12(18)14-9-13(19-3)6-7-13/h10H,4-9H2,1-3H3,(H,14,18)(H,16,17). The molecule has 110 valence electrons. The van der Waals surface area contributed by atoms with E-state index in [9.17, 15) is 9.59 Å². The number of amides is 2. The van der Waals surface area contributed by atoms with Gasteiger partial charge in [-0.15, -0.1) is 0 Å². The number of aliphatic carboxylic acids is 1.